The predicted octanol–water partition coefficient (Wildman–Crippen LogP) is 4.52. The molecular weight excluding hydrogens is 747 g/mol. The number of rotatable bonds is 8. The maximum atomic E-state index is 14.0. The lowest BCUT2D eigenvalue weighted by molar-refractivity contribution is -0.193. The number of amides is 3. The van der Waals surface area contributed by atoms with Crippen LogP contribution < -0.4 is 16.0 Å². The van der Waals surface area contributed by atoms with Gasteiger partial charge >= 0.3 is 24.3 Å². The number of benzene rings is 1. The third-order valence-electron chi connectivity index (χ3n) is 9.77. The van der Waals surface area contributed by atoms with Crippen molar-refractivity contribution in [2.24, 2.45) is 11.3 Å². The summed E-state index contributed by atoms with van der Waals surface area (Å²) in [4.78, 5) is 63.0. The lowest BCUT2D eigenvalue weighted by atomic mass is 9.63. The van der Waals surface area contributed by atoms with Gasteiger partial charge in [0.1, 0.15) is 11.9 Å². The van der Waals surface area contributed by atoms with Gasteiger partial charge in [-0.3, -0.25) is 14.4 Å². The molecule has 3 fully saturated rings. The van der Waals surface area contributed by atoms with Crippen LogP contribution in [0.3, 0.4) is 0 Å². The van der Waals surface area contributed by atoms with Gasteiger partial charge in [-0.2, -0.15) is 26.3 Å². The molecule has 0 spiro atoms. The van der Waals surface area contributed by atoms with Crippen LogP contribution in [-0.2, 0) is 30.4 Å². The third kappa shape index (κ3) is 15.2. The molecule has 1 aromatic carbocycles. The fourth-order valence-corrected chi connectivity index (χ4v) is 6.89. The maximum absolute atomic E-state index is 14.0. The van der Waals surface area contributed by atoms with Gasteiger partial charge in [0.25, 0.3) is 0 Å². The number of hydrogen-bond acceptors (Lipinski definition) is 7. The average molecular weight is 800 g/mol. The van der Waals surface area contributed by atoms with Gasteiger partial charge in [0.2, 0.25) is 17.7 Å². The summed E-state index contributed by atoms with van der Waals surface area (Å²) in [6.45, 7) is 12.1. The van der Waals surface area contributed by atoms with Crippen molar-refractivity contribution < 1.29 is 64.9 Å². The molecule has 4 rings (SSSR count). The van der Waals surface area contributed by atoms with Crippen LogP contribution in [0.25, 0.3) is 0 Å². The van der Waals surface area contributed by atoms with Crippen LogP contribution in [0.2, 0.25) is 0 Å². The van der Waals surface area contributed by atoms with E-state index in [4.69, 9.17) is 19.8 Å². The second-order valence-corrected chi connectivity index (χ2v) is 14.9. The number of nitrogens with one attached hydrogen (secondary N) is 3. The first kappa shape index (κ1) is 47.2. The highest BCUT2D eigenvalue weighted by Gasteiger charge is 2.49. The molecule has 0 radical (unpaired) electrons. The number of likely N-dealkylation sites (tertiary alicyclic amines) is 1. The zero-order valence-corrected chi connectivity index (χ0v) is 31.4. The molecule has 3 aliphatic rings. The number of nitrogens with zero attached hydrogens (tertiary/aromatic N) is 2. The maximum Gasteiger partial charge on any atom is 0.490 e. The van der Waals surface area contributed by atoms with Gasteiger partial charge in [-0.15, -0.1) is 0 Å². The Balaban J connectivity index is 0.000000633. The Labute approximate surface area is 315 Å². The minimum Gasteiger partial charge on any atom is -0.475 e. The smallest absolute Gasteiger partial charge is 0.475 e. The summed E-state index contributed by atoms with van der Waals surface area (Å²) >= 11 is 0. The molecule has 55 heavy (non-hydrogen) atoms. The van der Waals surface area contributed by atoms with Crippen LogP contribution in [0.1, 0.15) is 78.2 Å². The summed E-state index contributed by atoms with van der Waals surface area (Å²) in [7, 11) is 0. The molecule has 2 saturated heterocycles. The molecule has 312 valence electrons. The molecule has 2 aliphatic heterocycles. The van der Waals surface area contributed by atoms with E-state index in [0.717, 1.165) is 44.3 Å². The number of carbonyl (C=O) groups excluding carboxylic acids is 3. The van der Waals surface area contributed by atoms with Crippen LogP contribution in [0, 0.1) is 17.2 Å². The number of halogens is 7. The molecule has 3 amide bonds. The second-order valence-electron chi connectivity index (χ2n) is 14.9. The van der Waals surface area contributed by atoms with E-state index in [9.17, 15) is 45.1 Å². The number of carboxylic acids is 2. The average Bonchev–Trinajstić information content (AvgIpc) is 3.11. The minimum atomic E-state index is -5.08. The number of likely N-dealkylation sites (N-methyl/N-ethyl adjacent to an activating group) is 1. The number of alkyl halides is 6. The summed E-state index contributed by atoms with van der Waals surface area (Å²) in [5, 5.41) is 23.8. The summed E-state index contributed by atoms with van der Waals surface area (Å²) in [6, 6.07) is 4.94. The third-order valence-corrected chi connectivity index (χ3v) is 9.77. The lowest BCUT2D eigenvalue weighted by Gasteiger charge is -2.48. The standard InChI is InChI=1S/C32H50FN5O3.2C2HF3O2/c1-5-37-20-17-34-27(22-37)28(39)35-26(21-23-11-13-25(33)14-12-23)29(40)38-18-15-32(16-19-38,24-9-7-6-8-10-24)30(41)36-31(2,3)4;2*3-2(4,5)1(6)7/h11-14,24,26-27,34H,5-10,15-22H2,1-4H3,(H,35,39)(H,36,41);2*(H,6,7)/t26-,27+;;/m1../s1. The van der Waals surface area contributed by atoms with E-state index in [2.05, 4.69) is 27.8 Å². The number of carboxylic acid groups (broad SMARTS) is 2. The van der Waals surface area contributed by atoms with E-state index in [0.29, 0.717) is 44.9 Å². The largest absolute Gasteiger partial charge is 0.490 e. The molecule has 5 N–H and O–H groups in total. The van der Waals surface area contributed by atoms with Gasteiger partial charge < -0.3 is 36.0 Å². The van der Waals surface area contributed by atoms with Crippen LogP contribution >= 0.6 is 0 Å². The molecule has 0 unspecified atom stereocenters. The van der Waals surface area contributed by atoms with Crippen molar-refractivity contribution in [1.82, 2.24) is 25.8 Å². The van der Waals surface area contributed by atoms with Gasteiger partial charge in [-0.1, -0.05) is 38.3 Å². The number of carbonyl (C=O) groups is 5. The molecule has 2 atom stereocenters. The zero-order chi connectivity index (χ0) is 41.8. The van der Waals surface area contributed by atoms with Crippen LogP contribution in [-0.4, -0.2) is 119 Å². The highest BCUT2D eigenvalue weighted by Crippen LogP contribution is 2.46. The predicted molar refractivity (Wildman–Crippen MR) is 186 cm³/mol. The van der Waals surface area contributed by atoms with Crippen LogP contribution in [0.5, 0.6) is 0 Å². The Hall–Kier alpha value is -4.00. The highest BCUT2D eigenvalue weighted by molar-refractivity contribution is 5.91. The Morgan fingerprint density at radius 2 is 1.38 bits per heavy atom. The number of piperidine rings is 1. The fourth-order valence-electron chi connectivity index (χ4n) is 6.89. The molecule has 0 aromatic heterocycles. The zero-order valence-electron chi connectivity index (χ0n) is 31.4. The fraction of sp³-hybridized carbons (Fsp3) is 0.694. The Morgan fingerprint density at radius 3 is 1.84 bits per heavy atom. The summed E-state index contributed by atoms with van der Waals surface area (Å²) in [5.74, 6) is -5.75. The monoisotopic (exact) mass is 799 g/mol. The molecule has 1 aromatic rings. The summed E-state index contributed by atoms with van der Waals surface area (Å²) < 4.78 is 77.1. The molecule has 0 bridgehead atoms. The van der Waals surface area contributed by atoms with Crippen molar-refractivity contribution in [2.75, 3.05) is 39.3 Å². The summed E-state index contributed by atoms with van der Waals surface area (Å²) in [5.41, 5.74) is -0.0121. The van der Waals surface area contributed by atoms with Gasteiger partial charge in [0.15, 0.2) is 0 Å². The van der Waals surface area contributed by atoms with Gasteiger partial charge in [-0.25, -0.2) is 14.0 Å². The second kappa shape index (κ2) is 20.2. The Bertz CT molecular complexity index is 1410. The topological polar surface area (TPSA) is 168 Å². The number of aliphatic carboxylic acids is 2. The first-order chi connectivity index (χ1) is 25.4. The van der Waals surface area contributed by atoms with Gasteiger partial charge in [-0.05, 0) is 76.6 Å². The molecule has 12 nitrogen and oxygen atoms in total. The molecule has 1 saturated carbocycles. The van der Waals surface area contributed by atoms with Crippen molar-refractivity contribution in [2.45, 2.75) is 109 Å². The van der Waals surface area contributed by atoms with E-state index in [1.54, 1.807) is 12.1 Å². The lowest BCUT2D eigenvalue weighted by Crippen LogP contribution is -2.61. The van der Waals surface area contributed by atoms with Crippen molar-refractivity contribution >= 4 is 29.7 Å². The van der Waals surface area contributed by atoms with E-state index in [-0.39, 0.29) is 35.5 Å². The molecule has 2 heterocycles. The van der Waals surface area contributed by atoms with Gasteiger partial charge in [0.05, 0.1) is 11.5 Å². The molecular formula is C36H52F7N5O7. The van der Waals surface area contributed by atoms with Crippen molar-refractivity contribution in [1.29, 1.82) is 0 Å². The Morgan fingerprint density at radius 1 is 0.873 bits per heavy atom. The first-order valence-corrected chi connectivity index (χ1v) is 18.1. The van der Waals surface area contributed by atoms with E-state index >= 15 is 0 Å². The van der Waals surface area contributed by atoms with Crippen molar-refractivity contribution in [3.63, 3.8) is 0 Å². The van der Waals surface area contributed by atoms with E-state index in [1.165, 1.54) is 18.6 Å². The highest BCUT2D eigenvalue weighted by atomic mass is 19.4. The van der Waals surface area contributed by atoms with E-state index in [1.807, 2.05) is 25.7 Å². The summed E-state index contributed by atoms with van der Waals surface area (Å²) in [6.07, 6.45) is -3.02. The van der Waals surface area contributed by atoms with Crippen LogP contribution in [0.4, 0.5) is 30.7 Å². The van der Waals surface area contributed by atoms with Crippen molar-refractivity contribution in [3.05, 3.63) is 35.6 Å². The molecule has 19 heteroatoms. The number of hydrogen-bond donors (Lipinski definition) is 5. The number of piperazine rings is 1. The van der Waals surface area contributed by atoms with Crippen molar-refractivity contribution in [3.8, 4) is 0 Å². The Kier molecular flexibility index (Phi) is 17.4. The molecule has 1 aliphatic carbocycles. The van der Waals surface area contributed by atoms with Crippen LogP contribution in [0.15, 0.2) is 24.3 Å². The van der Waals surface area contributed by atoms with E-state index < -0.39 is 41.8 Å². The van der Waals surface area contributed by atoms with Gasteiger partial charge in [0, 0.05) is 44.7 Å². The normalized spacial score (nSPS) is 20.1. The quantitative estimate of drug-likeness (QED) is 0.238. The SMILES string of the molecule is CCN1CCN[C@H](C(=O)N[C@H](Cc2ccc(F)cc2)C(=O)N2CCC(C(=O)NC(C)(C)C)(C3CCCCC3)CC2)C1.O=C(O)C(F)(F)F.O=C(O)C(F)(F)F. The minimum absolute atomic E-state index is 0.115. The first-order valence-electron chi connectivity index (χ1n) is 18.1.